The molecule has 0 saturated carbocycles. The summed E-state index contributed by atoms with van der Waals surface area (Å²) in [6, 6.07) is 7.02. The summed E-state index contributed by atoms with van der Waals surface area (Å²) >= 11 is 0. The molecule has 0 fully saturated rings. The lowest BCUT2D eigenvalue weighted by Crippen LogP contribution is -2.31. The summed E-state index contributed by atoms with van der Waals surface area (Å²) in [5.74, 6) is 0.426. The first-order valence-electron chi connectivity index (χ1n) is 7.01. The van der Waals surface area contributed by atoms with Crippen molar-refractivity contribution in [1.82, 2.24) is 0 Å². The number of hydrogen-bond donors (Lipinski definition) is 2. The Morgan fingerprint density at radius 1 is 1.33 bits per heavy atom. The number of oxime groups is 1. The minimum atomic E-state index is 0.0527. The van der Waals surface area contributed by atoms with Gasteiger partial charge in [0.1, 0.15) is 0 Å². The highest BCUT2D eigenvalue weighted by Gasteiger charge is 2.24. The number of amidine groups is 1. The van der Waals surface area contributed by atoms with Gasteiger partial charge in [-0.3, -0.25) is 4.79 Å². The molecule has 0 saturated heterocycles. The molecule has 0 aliphatic rings. The monoisotopic (exact) mass is 291 g/mol. The fourth-order valence-corrected chi connectivity index (χ4v) is 1.76. The maximum Gasteiger partial charge on any atom is 0.227 e. The molecule has 5 nitrogen and oxygen atoms in total. The normalized spacial score (nSPS) is 13.9. The molecule has 0 spiro atoms. The number of nitrogens with two attached hydrogens (primary N) is 1. The molecule has 5 heteroatoms. The minimum Gasteiger partial charge on any atom is -0.409 e. The van der Waals surface area contributed by atoms with E-state index in [1.807, 2.05) is 0 Å². The van der Waals surface area contributed by atoms with Gasteiger partial charge in [0.2, 0.25) is 5.91 Å². The van der Waals surface area contributed by atoms with Crippen molar-refractivity contribution in [2.24, 2.45) is 22.2 Å². The Balaban J connectivity index is 2.79. The number of nitrogens with zero attached hydrogens (tertiary/aromatic N) is 2. The molecule has 0 aromatic heterocycles. The van der Waals surface area contributed by atoms with Gasteiger partial charge < -0.3 is 15.8 Å². The number of amides is 1. The number of carbonyl (C=O) groups excluding carboxylic acids is 1. The van der Waals surface area contributed by atoms with Crippen molar-refractivity contribution in [1.29, 1.82) is 0 Å². The summed E-state index contributed by atoms with van der Waals surface area (Å²) < 4.78 is 0. The fraction of sp³-hybridized carbons (Fsp3) is 0.500. The Kier molecular flexibility index (Phi) is 5.35. The van der Waals surface area contributed by atoms with Gasteiger partial charge in [-0.15, -0.1) is 0 Å². The summed E-state index contributed by atoms with van der Waals surface area (Å²) in [6.45, 7) is 8.50. The maximum absolute atomic E-state index is 12.3. The van der Waals surface area contributed by atoms with E-state index in [2.05, 4.69) is 32.9 Å². The van der Waals surface area contributed by atoms with E-state index in [1.54, 1.807) is 36.2 Å². The highest BCUT2D eigenvalue weighted by Crippen LogP contribution is 2.29. The van der Waals surface area contributed by atoms with Crippen LogP contribution in [-0.4, -0.2) is 24.0 Å². The average Bonchev–Trinajstić information content (AvgIpc) is 2.44. The number of rotatable bonds is 4. The zero-order valence-corrected chi connectivity index (χ0v) is 13.4. The van der Waals surface area contributed by atoms with Gasteiger partial charge in [0.25, 0.3) is 0 Å². The molecule has 1 amide bonds. The minimum absolute atomic E-state index is 0.0527. The van der Waals surface area contributed by atoms with Gasteiger partial charge in [0.15, 0.2) is 5.84 Å². The zero-order valence-electron chi connectivity index (χ0n) is 13.4. The highest BCUT2D eigenvalue weighted by atomic mass is 16.4. The van der Waals surface area contributed by atoms with E-state index in [1.165, 1.54) is 0 Å². The topological polar surface area (TPSA) is 78.9 Å². The Labute approximate surface area is 126 Å². The second-order valence-corrected chi connectivity index (χ2v) is 6.46. The molecule has 0 aliphatic carbocycles. The van der Waals surface area contributed by atoms with E-state index in [9.17, 15) is 4.79 Å². The quantitative estimate of drug-likeness (QED) is 0.387. The molecule has 0 aliphatic heterocycles. The lowest BCUT2D eigenvalue weighted by atomic mass is 9.80. The first-order valence-corrected chi connectivity index (χ1v) is 7.01. The number of hydrogen-bond acceptors (Lipinski definition) is 3. The van der Waals surface area contributed by atoms with E-state index < -0.39 is 0 Å². The van der Waals surface area contributed by atoms with Gasteiger partial charge in [-0.05, 0) is 35.6 Å². The predicted octanol–water partition coefficient (Wildman–Crippen LogP) is 2.82. The van der Waals surface area contributed by atoms with Crippen molar-refractivity contribution < 1.29 is 10.0 Å². The average molecular weight is 291 g/mol. The lowest BCUT2D eigenvalue weighted by Gasteiger charge is -2.28. The van der Waals surface area contributed by atoms with Gasteiger partial charge in [-0.2, -0.15) is 0 Å². The van der Waals surface area contributed by atoms with Crippen LogP contribution in [0.25, 0.3) is 0 Å². The first kappa shape index (κ1) is 17.0. The van der Waals surface area contributed by atoms with Crippen LogP contribution < -0.4 is 10.6 Å². The number of benzene rings is 1. The van der Waals surface area contributed by atoms with Crippen LogP contribution in [0.4, 0.5) is 5.69 Å². The Hall–Kier alpha value is -2.04. The lowest BCUT2D eigenvalue weighted by molar-refractivity contribution is -0.119. The van der Waals surface area contributed by atoms with E-state index in [0.29, 0.717) is 17.9 Å². The number of anilines is 1. The van der Waals surface area contributed by atoms with Crippen LogP contribution in [-0.2, 0) is 4.79 Å². The van der Waals surface area contributed by atoms with Crippen molar-refractivity contribution in [3.8, 4) is 0 Å². The van der Waals surface area contributed by atoms with Gasteiger partial charge in [-0.25, -0.2) is 0 Å². The molecule has 0 bridgehead atoms. The van der Waals surface area contributed by atoms with Crippen molar-refractivity contribution in [2.75, 3.05) is 11.9 Å². The third kappa shape index (κ3) is 4.48. The van der Waals surface area contributed by atoms with Gasteiger partial charge >= 0.3 is 0 Å². The van der Waals surface area contributed by atoms with Crippen molar-refractivity contribution >= 4 is 17.4 Å². The predicted molar refractivity (Wildman–Crippen MR) is 85.6 cm³/mol. The highest BCUT2D eigenvalue weighted by molar-refractivity contribution is 5.98. The zero-order chi connectivity index (χ0) is 16.2. The Bertz CT molecular complexity index is 515. The summed E-state index contributed by atoms with van der Waals surface area (Å²) in [6.07, 6.45) is 0.502. The van der Waals surface area contributed by atoms with Crippen LogP contribution in [0.15, 0.2) is 29.4 Å². The molecule has 1 rings (SSSR count). The smallest absolute Gasteiger partial charge is 0.227 e. The van der Waals surface area contributed by atoms with Crippen LogP contribution >= 0.6 is 0 Å². The standard InChI is InChI=1S/C16H25N3O2/c1-11(16(2,3)4)10-14(20)19(5)13-8-6-12(7-9-13)15(17)18-21/h6-9,11,21H,10H2,1-5H3,(H2,17,18). The van der Waals surface area contributed by atoms with Crippen LogP contribution in [0.5, 0.6) is 0 Å². The van der Waals surface area contributed by atoms with Crippen molar-refractivity contribution in [2.45, 2.75) is 34.1 Å². The summed E-state index contributed by atoms with van der Waals surface area (Å²) in [5.41, 5.74) is 7.02. The molecule has 0 heterocycles. The van der Waals surface area contributed by atoms with E-state index in [-0.39, 0.29) is 17.2 Å². The van der Waals surface area contributed by atoms with Crippen LogP contribution in [0.2, 0.25) is 0 Å². The molecule has 1 aromatic carbocycles. The van der Waals surface area contributed by atoms with Gasteiger partial charge in [0.05, 0.1) is 0 Å². The van der Waals surface area contributed by atoms with Crippen LogP contribution in [0, 0.1) is 11.3 Å². The van der Waals surface area contributed by atoms with Crippen molar-refractivity contribution in [3.05, 3.63) is 29.8 Å². The maximum atomic E-state index is 12.3. The molecule has 21 heavy (non-hydrogen) atoms. The molecule has 3 N–H and O–H groups in total. The molecule has 1 unspecified atom stereocenters. The third-order valence-electron chi connectivity index (χ3n) is 3.99. The largest absolute Gasteiger partial charge is 0.409 e. The number of carbonyl (C=O) groups is 1. The molecular formula is C16H25N3O2. The van der Waals surface area contributed by atoms with E-state index >= 15 is 0 Å². The second-order valence-electron chi connectivity index (χ2n) is 6.46. The van der Waals surface area contributed by atoms with Crippen LogP contribution in [0.3, 0.4) is 0 Å². The molecule has 116 valence electrons. The SMILES string of the molecule is CC(CC(=O)N(C)c1ccc(C(N)=NO)cc1)C(C)(C)C. The third-order valence-corrected chi connectivity index (χ3v) is 3.99. The van der Waals surface area contributed by atoms with E-state index in [0.717, 1.165) is 5.69 Å². The van der Waals surface area contributed by atoms with Gasteiger partial charge in [0, 0.05) is 24.7 Å². The van der Waals surface area contributed by atoms with Crippen molar-refractivity contribution in [3.63, 3.8) is 0 Å². The Morgan fingerprint density at radius 3 is 2.29 bits per heavy atom. The van der Waals surface area contributed by atoms with E-state index in [4.69, 9.17) is 10.9 Å². The van der Waals surface area contributed by atoms with Gasteiger partial charge in [-0.1, -0.05) is 32.9 Å². The Morgan fingerprint density at radius 2 is 1.86 bits per heavy atom. The summed E-state index contributed by atoms with van der Waals surface area (Å²) in [7, 11) is 1.76. The molecule has 0 radical (unpaired) electrons. The summed E-state index contributed by atoms with van der Waals surface area (Å²) in [5, 5.41) is 11.6. The van der Waals surface area contributed by atoms with Crippen LogP contribution in [0.1, 0.15) is 39.7 Å². The molecule has 1 atom stereocenters. The first-order chi connectivity index (χ1) is 9.66. The molecule has 1 aromatic rings. The second kappa shape index (κ2) is 6.61. The fourth-order valence-electron chi connectivity index (χ4n) is 1.76. The summed E-state index contributed by atoms with van der Waals surface area (Å²) in [4.78, 5) is 14.0. The molecular weight excluding hydrogens is 266 g/mol.